The quantitative estimate of drug-likeness (QED) is 0.150. The smallest absolute Gasteiger partial charge is 0.422 e. The number of anilines is 1. The molecule has 1 atom stereocenters. The Morgan fingerprint density at radius 2 is 1.36 bits per heavy atom. The van der Waals surface area contributed by atoms with Crippen LogP contribution in [0.15, 0.2) is 60.7 Å². The molecular weight excluding hydrogens is 672 g/mol. The number of hydrogen-bond donors (Lipinski definition) is 2. The molecule has 1 amide bonds. The molecule has 0 aliphatic carbocycles. The van der Waals surface area contributed by atoms with Crippen molar-refractivity contribution in [2.24, 2.45) is 5.73 Å². The van der Waals surface area contributed by atoms with Crippen molar-refractivity contribution in [3.63, 3.8) is 0 Å². The van der Waals surface area contributed by atoms with E-state index in [-0.39, 0.29) is 62.0 Å². The molecule has 3 aromatic carbocycles. The molecule has 0 spiro atoms. The molecule has 0 saturated carbocycles. The maximum atomic E-state index is 12.8. The summed E-state index contributed by atoms with van der Waals surface area (Å²) in [5.41, 5.74) is 8.80. The number of fused-ring (bicyclic) bond motifs is 1. The maximum absolute atomic E-state index is 12.8. The van der Waals surface area contributed by atoms with Crippen LogP contribution in [0.3, 0.4) is 0 Å². The lowest BCUT2D eigenvalue weighted by Crippen LogP contribution is -2.40. The van der Waals surface area contributed by atoms with Gasteiger partial charge in [-0.3, -0.25) is 9.69 Å². The fourth-order valence-electron chi connectivity index (χ4n) is 5.75. The van der Waals surface area contributed by atoms with Gasteiger partial charge in [0.2, 0.25) is 0 Å². The van der Waals surface area contributed by atoms with Crippen molar-refractivity contribution in [3.8, 4) is 23.0 Å². The number of alkyl halides is 6. The highest BCUT2D eigenvalue weighted by Crippen LogP contribution is 2.34. The highest BCUT2D eigenvalue weighted by molar-refractivity contribution is 6.00. The summed E-state index contributed by atoms with van der Waals surface area (Å²) < 4.78 is 98.3. The van der Waals surface area contributed by atoms with E-state index in [1.54, 1.807) is 18.2 Å². The summed E-state index contributed by atoms with van der Waals surface area (Å²) in [4.78, 5) is 16.6. The molecule has 274 valence electrons. The highest BCUT2D eigenvalue weighted by Gasteiger charge is 2.30. The zero-order valence-electron chi connectivity index (χ0n) is 27.6. The van der Waals surface area contributed by atoms with Gasteiger partial charge >= 0.3 is 12.4 Å². The lowest BCUT2D eigenvalue weighted by molar-refractivity contribution is -0.154. The van der Waals surface area contributed by atoms with Gasteiger partial charge in [-0.1, -0.05) is 30.3 Å². The number of carbonyl (C=O) groups is 1. The number of benzene rings is 3. The van der Waals surface area contributed by atoms with Crippen LogP contribution in [0.5, 0.6) is 23.0 Å². The number of nitrogens with zero attached hydrogens (tertiary/aromatic N) is 2. The second-order valence-electron chi connectivity index (χ2n) is 11.8. The van der Waals surface area contributed by atoms with Crippen molar-refractivity contribution in [2.75, 3.05) is 64.1 Å². The van der Waals surface area contributed by atoms with Crippen molar-refractivity contribution in [1.29, 1.82) is 0 Å². The maximum Gasteiger partial charge on any atom is 0.422 e. The fraction of sp³-hybridized carbons (Fsp3) is 0.457. The molecule has 0 radical (unpaired) electrons. The second-order valence-corrected chi connectivity index (χ2v) is 11.8. The number of nitrogens with two attached hydrogens (primary N) is 1. The molecule has 3 N–H and O–H groups in total. The van der Waals surface area contributed by atoms with Gasteiger partial charge in [0.25, 0.3) is 5.91 Å². The molecule has 15 heteroatoms. The van der Waals surface area contributed by atoms with Crippen LogP contribution in [0.25, 0.3) is 0 Å². The Morgan fingerprint density at radius 1 is 0.860 bits per heavy atom. The summed E-state index contributed by atoms with van der Waals surface area (Å²) in [7, 11) is 0. The lowest BCUT2D eigenvalue weighted by atomic mass is 9.97. The van der Waals surface area contributed by atoms with Gasteiger partial charge in [-0.25, -0.2) is 0 Å². The van der Waals surface area contributed by atoms with E-state index < -0.39 is 31.5 Å². The summed E-state index contributed by atoms with van der Waals surface area (Å²) in [5, 5.41) is 9.30. The van der Waals surface area contributed by atoms with Crippen molar-refractivity contribution >= 4 is 11.6 Å². The minimum atomic E-state index is -4.53. The predicted molar refractivity (Wildman–Crippen MR) is 174 cm³/mol. The third kappa shape index (κ3) is 11.6. The van der Waals surface area contributed by atoms with Gasteiger partial charge in [-0.05, 0) is 67.6 Å². The molecule has 0 bridgehead atoms. The largest absolute Gasteiger partial charge is 0.488 e. The number of rotatable bonds is 19. The van der Waals surface area contributed by atoms with Crippen LogP contribution >= 0.6 is 0 Å². The first-order valence-electron chi connectivity index (χ1n) is 16.1. The third-order valence-corrected chi connectivity index (χ3v) is 7.98. The van der Waals surface area contributed by atoms with Crippen LogP contribution in [-0.4, -0.2) is 93.5 Å². The lowest BCUT2D eigenvalue weighted by Gasteiger charge is -2.30. The average Bonchev–Trinajstić information content (AvgIpc) is 3.47. The number of carbonyl (C=O) groups excluding carboxylic acids is 1. The van der Waals surface area contributed by atoms with Crippen LogP contribution in [0.4, 0.5) is 32.0 Å². The van der Waals surface area contributed by atoms with E-state index >= 15 is 0 Å². The molecular formula is C35H41F6N3O6. The Bertz CT molecular complexity index is 1490. The number of hydrogen-bond acceptors (Lipinski definition) is 8. The van der Waals surface area contributed by atoms with Crippen LogP contribution in [0, 0.1) is 0 Å². The molecule has 1 aliphatic rings. The standard InChI is InChI=1S/C35H41F6N3O6/c1-24(19-25-20-26-11-13-44(12-6-16-45)32(26)27(21-25)33(42)46)43(14-17-47-28-7-2-4-9-30(28)49-22-34(36,37)38)15-18-48-29-8-3-5-10-31(29)50-23-35(39,40)41/h2-5,7-10,20-21,24,45H,6,11-19,22-23H2,1H3,(H2,42,46). The summed E-state index contributed by atoms with van der Waals surface area (Å²) in [5.74, 6) is -0.427. The van der Waals surface area contributed by atoms with Crippen molar-refractivity contribution in [2.45, 2.75) is 44.6 Å². The zero-order valence-corrected chi connectivity index (χ0v) is 27.6. The van der Waals surface area contributed by atoms with E-state index in [1.807, 2.05) is 22.8 Å². The van der Waals surface area contributed by atoms with E-state index in [0.717, 1.165) is 16.8 Å². The molecule has 0 fully saturated rings. The summed E-state index contributed by atoms with van der Waals surface area (Å²) in [6, 6.07) is 15.6. The second kappa shape index (κ2) is 17.5. The van der Waals surface area contributed by atoms with E-state index in [2.05, 4.69) is 0 Å². The van der Waals surface area contributed by atoms with Crippen LogP contribution in [0.1, 0.15) is 34.8 Å². The zero-order chi connectivity index (χ0) is 36.3. The minimum Gasteiger partial charge on any atom is -0.488 e. The normalized spacial score (nSPS) is 13.7. The van der Waals surface area contributed by atoms with Gasteiger partial charge < -0.3 is 34.7 Å². The molecule has 50 heavy (non-hydrogen) atoms. The number of ether oxygens (including phenoxy) is 4. The van der Waals surface area contributed by atoms with E-state index in [9.17, 15) is 36.2 Å². The number of aliphatic hydroxyl groups excluding tert-OH is 1. The van der Waals surface area contributed by atoms with Gasteiger partial charge in [-0.2, -0.15) is 26.3 Å². The van der Waals surface area contributed by atoms with Crippen molar-refractivity contribution in [1.82, 2.24) is 4.90 Å². The Labute approximate surface area is 286 Å². The molecule has 1 unspecified atom stereocenters. The molecule has 9 nitrogen and oxygen atoms in total. The first-order chi connectivity index (χ1) is 23.7. The number of amides is 1. The summed E-state index contributed by atoms with van der Waals surface area (Å²) >= 11 is 0. The van der Waals surface area contributed by atoms with Crippen molar-refractivity contribution in [3.05, 3.63) is 77.4 Å². The Kier molecular flexibility index (Phi) is 13.5. The van der Waals surface area contributed by atoms with Gasteiger partial charge in [-0.15, -0.1) is 0 Å². The first-order valence-corrected chi connectivity index (χ1v) is 16.1. The van der Waals surface area contributed by atoms with E-state index in [1.165, 1.54) is 36.4 Å². The minimum absolute atomic E-state index is 0.0228. The van der Waals surface area contributed by atoms with Crippen molar-refractivity contribution < 1.29 is 55.2 Å². The Morgan fingerprint density at radius 3 is 1.82 bits per heavy atom. The molecule has 1 heterocycles. The van der Waals surface area contributed by atoms with E-state index in [4.69, 9.17) is 24.7 Å². The SMILES string of the molecule is CC(Cc1cc2c(c(C(N)=O)c1)N(CCCO)CC2)N(CCOc1ccccc1OCC(F)(F)F)CCOc1ccccc1OCC(F)(F)F. The number of aliphatic hydroxyl groups is 1. The number of para-hydroxylation sites is 4. The third-order valence-electron chi connectivity index (χ3n) is 7.98. The van der Waals surface area contributed by atoms with Crippen LogP contribution in [-0.2, 0) is 12.8 Å². The topological polar surface area (TPSA) is 107 Å². The molecule has 0 saturated heterocycles. The summed E-state index contributed by atoms with van der Waals surface area (Å²) in [6.45, 7) is 0.974. The average molecular weight is 714 g/mol. The molecule has 3 aromatic rings. The van der Waals surface area contributed by atoms with Gasteiger partial charge in [0.1, 0.15) is 13.2 Å². The van der Waals surface area contributed by atoms with Gasteiger partial charge in [0, 0.05) is 38.8 Å². The molecule has 4 rings (SSSR count). The number of halogens is 6. The predicted octanol–water partition coefficient (Wildman–Crippen LogP) is 5.80. The van der Waals surface area contributed by atoms with Gasteiger partial charge in [0.15, 0.2) is 36.2 Å². The molecule has 1 aliphatic heterocycles. The Balaban J connectivity index is 1.49. The fourth-order valence-corrected chi connectivity index (χ4v) is 5.75. The van der Waals surface area contributed by atoms with Gasteiger partial charge in [0.05, 0.1) is 11.3 Å². The molecule has 0 aromatic heterocycles. The summed E-state index contributed by atoms with van der Waals surface area (Å²) in [6.07, 6.45) is -7.33. The van der Waals surface area contributed by atoms with Crippen LogP contribution < -0.4 is 29.6 Å². The Hall–Kier alpha value is -4.37. The monoisotopic (exact) mass is 713 g/mol. The first kappa shape index (κ1) is 38.4. The highest BCUT2D eigenvalue weighted by atomic mass is 19.4. The number of primary amides is 1. The van der Waals surface area contributed by atoms with Crippen LogP contribution in [0.2, 0.25) is 0 Å². The van der Waals surface area contributed by atoms with E-state index in [0.29, 0.717) is 37.9 Å².